The molecule has 4 heterocycles. The van der Waals surface area contributed by atoms with Crippen molar-refractivity contribution in [1.82, 2.24) is 9.55 Å². The molecule has 0 bridgehead atoms. The lowest BCUT2D eigenvalue weighted by atomic mass is 9.43. The number of rotatable bonds is 7. The van der Waals surface area contributed by atoms with Gasteiger partial charge in [-0.2, -0.15) is 0 Å². The van der Waals surface area contributed by atoms with E-state index in [0.29, 0.717) is 89.2 Å². The average Bonchev–Trinajstić information content (AvgIpc) is 3.74. The zero-order valence-corrected chi connectivity index (χ0v) is 33.6. The standard InChI is InChI=1S/C46H58N2O8/c1-6-28-30-19-27(10-14-37(30)47-41-31(28)22-48-38(41)20-36-32(42(48)52)23-55-43(53)46(36,54)7-2)56-40(51)15-8-24(3)33-12-13-34-29-11-9-25-18-26(49)16-17-44(25,4)35(29)21-39(50)45(33,34)5/h10,14,19-20,24-26,29,33-35,39,49-50,54H,6-9,11-13,15-18,21-23H2,1-5H3/t24-,25-,26-,29+,33-,34+,35+,39+,44+,45-,46+/m1/s1. The summed E-state index contributed by atoms with van der Waals surface area (Å²) in [4.78, 5) is 44.7. The lowest BCUT2D eigenvalue weighted by molar-refractivity contribution is -0.175. The van der Waals surface area contributed by atoms with Crippen LogP contribution in [0.15, 0.2) is 29.1 Å². The first-order valence-electron chi connectivity index (χ1n) is 21.4. The first kappa shape index (κ1) is 37.9. The second-order valence-electron chi connectivity index (χ2n) is 18.9. The Morgan fingerprint density at radius 1 is 1.04 bits per heavy atom. The molecule has 56 heavy (non-hydrogen) atoms. The van der Waals surface area contributed by atoms with Crippen molar-refractivity contribution in [3.63, 3.8) is 0 Å². The number of ether oxygens (including phenoxy) is 2. The van der Waals surface area contributed by atoms with E-state index in [1.807, 2.05) is 12.1 Å². The summed E-state index contributed by atoms with van der Waals surface area (Å²) in [6.07, 6.45) is 9.56. The van der Waals surface area contributed by atoms with Crippen molar-refractivity contribution in [3.8, 4) is 17.1 Å². The van der Waals surface area contributed by atoms with Gasteiger partial charge in [-0.05, 0) is 147 Å². The van der Waals surface area contributed by atoms with E-state index in [4.69, 9.17) is 14.5 Å². The summed E-state index contributed by atoms with van der Waals surface area (Å²) in [6.45, 7) is 10.9. The number of pyridine rings is 2. The van der Waals surface area contributed by atoms with Crippen molar-refractivity contribution >= 4 is 22.8 Å². The fraction of sp³-hybridized carbons (Fsp3) is 0.652. The molecule has 3 aromatic rings. The predicted octanol–water partition coefficient (Wildman–Crippen LogP) is 6.95. The number of esters is 2. The monoisotopic (exact) mass is 766 g/mol. The third-order valence-corrected chi connectivity index (χ3v) is 16.7. The molecule has 2 aromatic heterocycles. The van der Waals surface area contributed by atoms with Crippen molar-refractivity contribution in [3.05, 3.63) is 56.9 Å². The van der Waals surface area contributed by atoms with Crippen LogP contribution in [0.3, 0.4) is 0 Å². The molecule has 0 unspecified atom stereocenters. The Kier molecular flexibility index (Phi) is 9.14. The molecule has 0 amide bonds. The SMILES string of the molecule is CCc1c2c(nc3ccc(OC(=O)CC[C@@H](C)[C@H]4CC[C@H]5[C@@H]6CC[C@@H]7C[C@H](O)CC[C@]7(C)[C@H]6C[C@H](O)[C@]45C)cc13)-c1cc3c(c(=O)n1C2)COC(=O)[C@]3(O)CC. The zero-order valence-electron chi connectivity index (χ0n) is 33.6. The Balaban J connectivity index is 0.900. The molecule has 1 aromatic carbocycles. The summed E-state index contributed by atoms with van der Waals surface area (Å²) in [5.41, 5.74) is 2.30. The third kappa shape index (κ3) is 5.44. The van der Waals surface area contributed by atoms with Crippen LogP contribution in [0.25, 0.3) is 22.3 Å². The maximum Gasteiger partial charge on any atom is 0.343 e. The Morgan fingerprint density at radius 3 is 2.61 bits per heavy atom. The van der Waals surface area contributed by atoms with Crippen LogP contribution in [0.4, 0.5) is 0 Å². The molecule has 6 aliphatic rings. The van der Waals surface area contributed by atoms with Crippen LogP contribution in [-0.2, 0) is 39.5 Å². The van der Waals surface area contributed by atoms with E-state index < -0.39 is 11.6 Å². The van der Waals surface area contributed by atoms with Crippen LogP contribution in [-0.4, -0.2) is 49.0 Å². The molecule has 4 aliphatic carbocycles. The normalized spacial score (nSPS) is 36.1. The topological polar surface area (TPSA) is 148 Å². The lowest BCUT2D eigenvalue weighted by Gasteiger charge is -2.62. The molecule has 0 radical (unpaired) electrons. The Morgan fingerprint density at radius 2 is 1.84 bits per heavy atom. The van der Waals surface area contributed by atoms with Crippen LogP contribution < -0.4 is 10.3 Å². The molecule has 10 nitrogen and oxygen atoms in total. The first-order valence-corrected chi connectivity index (χ1v) is 21.4. The smallest absolute Gasteiger partial charge is 0.343 e. The van der Waals surface area contributed by atoms with E-state index in [2.05, 4.69) is 27.7 Å². The van der Waals surface area contributed by atoms with Gasteiger partial charge >= 0.3 is 11.9 Å². The molecule has 11 atom stereocenters. The number of benzene rings is 1. The number of cyclic esters (lactones) is 1. The van der Waals surface area contributed by atoms with Gasteiger partial charge in [0.1, 0.15) is 12.4 Å². The fourth-order valence-corrected chi connectivity index (χ4v) is 13.5. The third-order valence-electron chi connectivity index (χ3n) is 16.7. The molecular weight excluding hydrogens is 709 g/mol. The highest BCUT2D eigenvalue weighted by Gasteiger charge is 2.63. The highest BCUT2D eigenvalue weighted by molar-refractivity contribution is 5.90. The van der Waals surface area contributed by atoms with Crippen molar-refractivity contribution in [1.29, 1.82) is 0 Å². The summed E-state index contributed by atoms with van der Waals surface area (Å²) in [7, 11) is 0. The molecule has 0 saturated heterocycles. The number of aliphatic hydroxyl groups excluding tert-OH is 2. The van der Waals surface area contributed by atoms with Gasteiger partial charge in [-0.1, -0.05) is 34.6 Å². The second kappa shape index (κ2) is 13.5. The molecule has 4 saturated carbocycles. The van der Waals surface area contributed by atoms with Crippen molar-refractivity contribution in [2.45, 2.75) is 143 Å². The number of nitrogens with zero attached hydrogens (tertiary/aromatic N) is 2. The van der Waals surface area contributed by atoms with Gasteiger partial charge in [0.2, 0.25) is 0 Å². The lowest BCUT2D eigenvalue weighted by Crippen LogP contribution is -2.58. The minimum Gasteiger partial charge on any atom is -0.458 e. The number of carbonyl (C=O) groups excluding carboxylic acids is 2. The summed E-state index contributed by atoms with van der Waals surface area (Å²) in [5.74, 6) is 2.25. The summed E-state index contributed by atoms with van der Waals surface area (Å²) < 4.78 is 12.9. The van der Waals surface area contributed by atoms with E-state index in [1.165, 1.54) is 12.8 Å². The number of aromatic nitrogens is 2. The number of carbonyl (C=O) groups is 2. The molecular formula is C46H58N2O8. The predicted molar refractivity (Wildman–Crippen MR) is 211 cm³/mol. The number of aliphatic hydroxyl groups is 3. The molecule has 3 N–H and O–H groups in total. The summed E-state index contributed by atoms with van der Waals surface area (Å²) >= 11 is 0. The van der Waals surface area contributed by atoms with Gasteiger partial charge < -0.3 is 29.4 Å². The van der Waals surface area contributed by atoms with Crippen molar-refractivity contribution in [2.24, 2.45) is 46.3 Å². The summed E-state index contributed by atoms with van der Waals surface area (Å²) in [6, 6.07) is 7.22. The Bertz CT molecular complexity index is 2180. The van der Waals surface area contributed by atoms with Crippen molar-refractivity contribution in [2.75, 3.05) is 0 Å². The van der Waals surface area contributed by atoms with Crippen molar-refractivity contribution < 1.29 is 34.4 Å². The highest BCUT2D eigenvalue weighted by Crippen LogP contribution is 2.68. The number of hydrogen-bond donors (Lipinski definition) is 3. The van der Waals surface area contributed by atoms with Crippen LogP contribution >= 0.6 is 0 Å². The van der Waals surface area contributed by atoms with Gasteiger partial charge in [0, 0.05) is 22.9 Å². The van der Waals surface area contributed by atoms with Crippen LogP contribution in [0.5, 0.6) is 5.75 Å². The molecule has 0 spiro atoms. The Labute approximate surface area is 329 Å². The minimum atomic E-state index is -1.89. The van der Waals surface area contributed by atoms with Gasteiger partial charge in [0.05, 0.1) is 41.2 Å². The van der Waals surface area contributed by atoms with E-state index in [0.717, 1.165) is 55.0 Å². The van der Waals surface area contributed by atoms with Gasteiger partial charge in [0.25, 0.3) is 5.56 Å². The van der Waals surface area contributed by atoms with E-state index >= 15 is 0 Å². The number of fused-ring (bicyclic) bond motifs is 10. The van der Waals surface area contributed by atoms with Gasteiger partial charge in [-0.3, -0.25) is 9.59 Å². The molecule has 2 aliphatic heterocycles. The fourth-order valence-electron chi connectivity index (χ4n) is 13.5. The quantitative estimate of drug-likeness (QED) is 0.134. The van der Waals surface area contributed by atoms with Crippen LogP contribution in [0.1, 0.15) is 128 Å². The molecule has 10 heteroatoms. The molecule has 300 valence electrons. The Hall–Kier alpha value is -3.60. The van der Waals surface area contributed by atoms with Gasteiger partial charge in [-0.25, -0.2) is 9.78 Å². The van der Waals surface area contributed by atoms with Crippen LogP contribution in [0, 0.1) is 46.3 Å². The second-order valence-corrected chi connectivity index (χ2v) is 18.9. The molecule has 4 fully saturated rings. The minimum absolute atomic E-state index is 0.0815. The maximum atomic E-state index is 13.7. The van der Waals surface area contributed by atoms with E-state index in [9.17, 15) is 29.7 Å². The average molecular weight is 767 g/mol. The molecule has 9 rings (SSSR count). The van der Waals surface area contributed by atoms with Gasteiger partial charge in [-0.15, -0.1) is 0 Å². The number of hydrogen-bond acceptors (Lipinski definition) is 9. The van der Waals surface area contributed by atoms with Gasteiger partial charge in [0.15, 0.2) is 5.60 Å². The van der Waals surface area contributed by atoms with E-state index in [-0.39, 0.29) is 53.5 Å². The number of aryl methyl sites for hydroxylation is 1. The first-order chi connectivity index (χ1) is 26.7. The van der Waals surface area contributed by atoms with Crippen LogP contribution in [0.2, 0.25) is 0 Å². The zero-order chi connectivity index (χ0) is 39.5. The summed E-state index contributed by atoms with van der Waals surface area (Å²) in [5, 5.41) is 34.5. The largest absolute Gasteiger partial charge is 0.458 e. The maximum absolute atomic E-state index is 13.7. The van der Waals surface area contributed by atoms with E-state index in [1.54, 1.807) is 23.6 Å². The highest BCUT2D eigenvalue weighted by atomic mass is 16.6.